The largest absolute Gasteiger partial charge is 0.311 e. The van der Waals surface area contributed by atoms with Crippen molar-refractivity contribution in [3.63, 3.8) is 0 Å². The molecule has 2 heterocycles. The lowest BCUT2D eigenvalue weighted by Crippen LogP contribution is -2.25. The molecule has 0 aliphatic carbocycles. The van der Waals surface area contributed by atoms with E-state index in [1.807, 2.05) is 12.1 Å². The summed E-state index contributed by atoms with van der Waals surface area (Å²) in [6, 6.07) is 3.67. The molecule has 1 aromatic carbocycles. The maximum absolute atomic E-state index is 12.2. The molecule has 0 saturated carbocycles. The van der Waals surface area contributed by atoms with Gasteiger partial charge in [-0.2, -0.15) is 0 Å². The third kappa shape index (κ3) is 3.08. The molecule has 1 atom stereocenters. The summed E-state index contributed by atoms with van der Waals surface area (Å²) in [5, 5.41) is 0. The molecular formula is C12H10BrClN2O3S2. The Labute approximate surface area is 138 Å². The number of carbonyl (C=O) groups excluding carboxylic acids is 1. The van der Waals surface area contributed by atoms with Crippen LogP contribution in [0.15, 0.2) is 22.1 Å². The minimum absolute atomic E-state index is 0.0927. The van der Waals surface area contributed by atoms with E-state index in [0.29, 0.717) is 6.54 Å². The van der Waals surface area contributed by atoms with Gasteiger partial charge >= 0.3 is 0 Å². The second-order valence-electron chi connectivity index (χ2n) is 4.88. The number of carbonyl (C=O) groups is 1. The Hall–Kier alpha value is -0.700. The highest BCUT2D eigenvalue weighted by Gasteiger charge is 2.34. The fourth-order valence-electron chi connectivity index (χ4n) is 2.50. The summed E-state index contributed by atoms with van der Waals surface area (Å²) in [6.45, 7) is 0.355. The number of anilines is 1. The molecule has 0 spiro atoms. The Bertz CT molecular complexity index is 821. The van der Waals surface area contributed by atoms with Gasteiger partial charge in [0.15, 0.2) is 0 Å². The van der Waals surface area contributed by atoms with E-state index in [-0.39, 0.29) is 24.0 Å². The van der Waals surface area contributed by atoms with E-state index in [1.165, 1.54) is 11.3 Å². The van der Waals surface area contributed by atoms with Gasteiger partial charge in [-0.25, -0.2) is 13.4 Å². The summed E-state index contributed by atoms with van der Waals surface area (Å²) in [5.41, 5.74) is 3.35. The molecule has 21 heavy (non-hydrogen) atoms. The number of amides is 1. The zero-order valence-corrected chi connectivity index (χ0v) is 14.6. The highest BCUT2D eigenvalue weighted by atomic mass is 79.9. The van der Waals surface area contributed by atoms with Crippen molar-refractivity contribution in [2.75, 3.05) is 17.2 Å². The molecule has 1 aliphatic heterocycles. The maximum atomic E-state index is 12.2. The van der Waals surface area contributed by atoms with Crippen molar-refractivity contribution < 1.29 is 13.2 Å². The van der Waals surface area contributed by atoms with Crippen LogP contribution in [0.3, 0.4) is 0 Å². The zero-order valence-electron chi connectivity index (χ0n) is 10.6. The van der Waals surface area contributed by atoms with Gasteiger partial charge in [0.05, 0.1) is 31.6 Å². The Morgan fingerprint density at radius 2 is 2.24 bits per heavy atom. The lowest BCUT2D eigenvalue weighted by Gasteiger charge is -2.18. The number of nitrogens with zero attached hydrogens (tertiary/aromatic N) is 2. The van der Waals surface area contributed by atoms with Crippen LogP contribution in [0.4, 0.5) is 5.69 Å². The number of halogens is 2. The van der Waals surface area contributed by atoms with Crippen LogP contribution in [-0.4, -0.2) is 31.6 Å². The summed E-state index contributed by atoms with van der Waals surface area (Å²) in [5.74, 6) is -0.550. The van der Waals surface area contributed by atoms with Crippen LogP contribution in [-0.2, 0) is 13.8 Å². The standard InChI is InChI=1S/C12H10BrClN2O3S2/c13-11-9(2-1-8-12(11)20-6-15-8)16-4-7(3-10(16)17)5-21(14,18)19/h1-2,6-7H,3-5H2. The fraction of sp³-hybridized carbons (Fsp3) is 0.333. The molecular weight excluding hydrogens is 400 g/mol. The van der Waals surface area contributed by atoms with E-state index in [2.05, 4.69) is 20.9 Å². The van der Waals surface area contributed by atoms with Crippen molar-refractivity contribution in [3.05, 3.63) is 22.1 Å². The molecule has 2 aromatic rings. The Kier molecular flexibility index (Phi) is 3.98. The Morgan fingerprint density at radius 1 is 1.48 bits per heavy atom. The van der Waals surface area contributed by atoms with Crippen LogP contribution in [0.5, 0.6) is 0 Å². The normalized spacial score (nSPS) is 19.6. The quantitative estimate of drug-likeness (QED) is 0.731. The molecule has 3 rings (SSSR count). The molecule has 1 unspecified atom stereocenters. The smallest absolute Gasteiger partial charge is 0.232 e. The van der Waals surface area contributed by atoms with Crippen molar-refractivity contribution in [2.24, 2.45) is 5.92 Å². The Morgan fingerprint density at radius 3 is 2.95 bits per heavy atom. The summed E-state index contributed by atoms with van der Waals surface area (Å²) >= 11 is 5.00. The second kappa shape index (κ2) is 5.49. The monoisotopic (exact) mass is 408 g/mol. The van der Waals surface area contributed by atoms with Gasteiger partial charge in [-0.3, -0.25) is 4.79 Å². The van der Waals surface area contributed by atoms with Crippen molar-refractivity contribution in [3.8, 4) is 0 Å². The lowest BCUT2D eigenvalue weighted by molar-refractivity contribution is -0.117. The molecule has 9 heteroatoms. The third-order valence-electron chi connectivity index (χ3n) is 3.35. The van der Waals surface area contributed by atoms with Gasteiger partial charge in [-0.05, 0) is 28.1 Å². The van der Waals surface area contributed by atoms with Gasteiger partial charge in [0.2, 0.25) is 15.0 Å². The van der Waals surface area contributed by atoms with Crippen LogP contribution in [0.1, 0.15) is 6.42 Å². The van der Waals surface area contributed by atoms with E-state index in [9.17, 15) is 13.2 Å². The number of hydrogen-bond donors (Lipinski definition) is 0. The van der Waals surface area contributed by atoms with Gasteiger partial charge < -0.3 is 4.90 Å². The van der Waals surface area contributed by atoms with Crippen LogP contribution in [0.25, 0.3) is 10.2 Å². The first-order valence-electron chi connectivity index (χ1n) is 6.09. The molecule has 1 amide bonds. The van der Waals surface area contributed by atoms with Crippen LogP contribution < -0.4 is 4.90 Å². The van der Waals surface area contributed by atoms with Crippen LogP contribution >= 0.6 is 37.9 Å². The second-order valence-corrected chi connectivity index (χ2v) is 9.35. The number of fused-ring (bicyclic) bond motifs is 1. The first-order valence-corrected chi connectivity index (χ1v) is 10.2. The molecule has 1 fully saturated rings. The van der Waals surface area contributed by atoms with E-state index in [4.69, 9.17) is 10.7 Å². The van der Waals surface area contributed by atoms with Gasteiger partial charge in [0.1, 0.15) is 0 Å². The molecule has 0 radical (unpaired) electrons. The first kappa shape index (κ1) is 15.2. The van der Waals surface area contributed by atoms with E-state index < -0.39 is 9.05 Å². The van der Waals surface area contributed by atoms with E-state index in [0.717, 1.165) is 20.4 Å². The summed E-state index contributed by atoms with van der Waals surface area (Å²) in [7, 11) is 1.68. The summed E-state index contributed by atoms with van der Waals surface area (Å²) < 4.78 is 24.1. The number of thiazole rings is 1. The van der Waals surface area contributed by atoms with Crippen molar-refractivity contribution >= 4 is 68.8 Å². The maximum Gasteiger partial charge on any atom is 0.232 e. The highest BCUT2D eigenvalue weighted by molar-refractivity contribution is 9.10. The molecule has 1 aromatic heterocycles. The third-order valence-corrected chi connectivity index (χ3v) is 6.52. The number of rotatable bonds is 3. The molecule has 0 N–H and O–H groups in total. The fourth-order valence-corrected chi connectivity index (χ4v) is 5.37. The van der Waals surface area contributed by atoms with E-state index >= 15 is 0 Å². The number of benzene rings is 1. The van der Waals surface area contributed by atoms with Gasteiger partial charge in [-0.15, -0.1) is 11.3 Å². The average molecular weight is 410 g/mol. The highest BCUT2D eigenvalue weighted by Crippen LogP contribution is 2.38. The van der Waals surface area contributed by atoms with Crippen molar-refractivity contribution in [2.45, 2.75) is 6.42 Å². The van der Waals surface area contributed by atoms with Gasteiger partial charge in [0, 0.05) is 29.6 Å². The van der Waals surface area contributed by atoms with Crippen molar-refractivity contribution in [1.29, 1.82) is 0 Å². The molecule has 0 bridgehead atoms. The van der Waals surface area contributed by atoms with Crippen molar-refractivity contribution in [1.82, 2.24) is 4.98 Å². The zero-order chi connectivity index (χ0) is 15.2. The summed E-state index contributed by atoms with van der Waals surface area (Å²) in [4.78, 5) is 18.0. The summed E-state index contributed by atoms with van der Waals surface area (Å²) in [6.07, 6.45) is 0.194. The molecule has 1 aliphatic rings. The van der Waals surface area contributed by atoms with Gasteiger partial charge in [0.25, 0.3) is 0 Å². The predicted octanol–water partition coefficient (Wildman–Crippen LogP) is 2.98. The average Bonchev–Trinajstić information content (AvgIpc) is 2.95. The minimum Gasteiger partial charge on any atom is -0.311 e. The molecule has 112 valence electrons. The minimum atomic E-state index is -3.60. The predicted molar refractivity (Wildman–Crippen MR) is 87.4 cm³/mol. The van der Waals surface area contributed by atoms with Gasteiger partial charge in [-0.1, -0.05) is 0 Å². The topological polar surface area (TPSA) is 67.3 Å². The first-order chi connectivity index (χ1) is 9.85. The van der Waals surface area contributed by atoms with E-state index in [1.54, 1.807) is 10.4 Å². The van der Waals surface area contributed by atoms with Crippen LogP contribution in [0.2, 0.25) is 0 Å². The Balaban J connectivity index is 1.92. The number of hydrogen-bond acceptors (Lipinski definition) is 5. The molecule has 1 saturated heterocycles. The SMILES string of the molecule is O=C1CC(CS(=O)(=O)Cl)CN1c1ccc2ncsc2c1Br. The lowest BCUT2D eigenvalue weighted by atomic mass is 10.1. The van der Waals surface area contributed by atoms with Crippen LogP contribution in [0, 0.1) is 5.92 Å². The molecule has 5 nitrogen and oxygen atoms in total. The number of aromatic nitrogens is 1.